The molecule has 0 aliphatic rings. The number of rotatable bonds is 7. The zero-order chi connectivity index (χ0) is 25.2. The van der Waals surface area contributed by atoms with E-state index in [4.69, 9.17) is 4.74 Å². The summed E-state index contributed by atoms with van der Waals surface area (Å²) in [7, 11) is -2.78. The first kappa shape index (κ1) is 24.2. The SMILES string of the molecule is COC(=O)c1cn(C(=O)CN(c2ccc(C(C)C)cc2)S(=O)(=O)c2ccccc2)c2ccccc12. The van der Waals surface area contributed by atoms with Gasteiger partial charge < -0.3 is 4.74 Å². The van der Waals surface area contributed by atoms with Crippen LogP contribution in [0.1, 0.15) is 40.5 Å². The van der Waals surface area contributed by atoms with Crippen molar-refractivity contribution in [2.24, 2.45) is 0 Å². The molecule has 0 atom stereocenters. The van der Waals surface area contributed by atoms with Gasteiger partial charge in [0.2, 0.25) is 0 Å². The lowest BCUT2D eigenvalue weighted by molar-refractivity contribution is 0.0603. The molecule has 180 valence electrons. The van der Waals surface area contributed by atoms with E-state index in [1.54, 1.807) is 54.6 Å². The fraction of sp³-hybridized carbons (Fsp3) is 0.185. The Balaban J connectivity index is 1.80. The maximum absolute atomic E-state index is 13.6. The first-order chi connectivity index (χ1) is 16.7. The van der Waals surface area contributed by atoms with Crippen molar-refractivity contribution in [1.29, 1.82) is 0 Å². The van der Waals surface area contributed by atoms with E-state index in [0.29, 0.717) is 16.6 Å². The summed E-state index contributed by atoms with van der Waals surface area (Å²) in [5.74, 6) is -0.817. The van der Waals surface area contributed by atoms with Crippen LogP contribution in [0.25, 0.3) is 10.9 Å². The number of nitrogens with zero attached hydrogens (tertiary/aromatic N) is 2. The van der Waals surface area contributed by atoms with Gasteiger partial charge in [0.1, 0.15) is 6.54 Å². The van der Waals surface area contributed by atoms with E-state index < -0.39 is 28.4 Å². The lowest BCUT2D eigenvalue weighted by atomic mass is 10.0. The van der Waals surface area contributed by atoms with Crippen molar-refractivity contribution in [3.8, 4) is 0 Å². The molecule has 0 spiro atoms. The Labute approximate surface area is 204 Å². The third-order valence-corrected chi connectivity index (χ3v) is 7.63. The molecule has 4 aromatic rings. The lowest BCUT2D eigenvalue weighted by Gasteiger charge is -2.24. The van der Waals surface area contributed by atoms with Crippen molar-refractivity contribution < 1.29 is 22.7 Å². The Morgan fingerprint density at radius 3 is 2.17 bits per heavy atom. The second-order valence-electron chi connectivity index (χ2n) is 8.39. The molecule has 0 bridgehead atoms. The van der Waals surface area contributed by atoms with Gasteiger partial charge in [-0.3, -0.25) is 13.7 Å². The van der Waals surface area contributed by atoms with Crippen LogP contribution in [0.5, 0.6) is 0 Å². The largest absolute Gasteiger partial charge is 0.465 e. The van der Waals surface area contributed by atoms with Gasteiger partial charge in [-0.1, -0.05) is 62.4 Å². The van der Waals surface area contributed by atoms with Crippen LogP contribution >= 0.6 is 0 Å². The van der Waals surface area contributed by atoms with Crippen molar-refractivity contribution >= 4 is 38.5 Å². The van der Waals surface area contributed by atoms with Gasteiger partial charge in [-0.25, -0.2) is 13.2 Å². The minimum absolute atomic E-state index is 0.0772. The number of carbonyl (C=O) groups is 2. The van der Waals surface area contributed by atoms with Gasteiger partial charge in [-0.2, -0.15) is 0 Å². The lowest BCUT2D eigenvalue weighted by Crippen LogP contribution is -2.37. The number of ether oxygens (including phenoxy) is 1. The van der Waals surface area contributed by atoms with E-state index in [1.165, 1.54) is 30.0 Å². The predicted molar refractivity (Wildman–Crippen MR) is 135 cm³/mol. The van der Waals surface area contributed by atoms with Crippen molar-refractivity contribution in [2.45, 2.75) is 24.7 Å². The minimum Gasteiger partial charge on any atom is -0.465 e. The molecule has 0 aliphatic heterocycles. The van der Waals surface area contributed by atoms with Gasteiger partial charge in [0.05, 0.1) is 28.8 Å². The zero-order valence-corrected chi connectivity index (χ0v) is 20.5. The second-order valence-corrected chi connectivity index (χ2v) is 10.2. The molecule has 0 amide bonds. The van der Waals surface area contributed by atoms with E-state index >= 15 is 0 Å². The van der Waals surface area contributed by atoms with Crippen molar-refractivity contribution in [3.05, 3.63) is 96.2 Å². The molecule has 0 aliphatic carbocycles. The Morgan fingerprint density at radius 1 is 0.914 bits per heavy atom. The zero-order valence-electron chi connectivity index (χ0n) is 19.7. The summed E-state index contributed by atoms with van der Waals surface area (Å²) in [4.78, 5) is 25.9. The fourth-order valence-corrected chi connectivity index (χ4v) is 5.35. The second kappa shape index (κ2) is 9.76. The first-order valence-electron chi connectivity index (χ1n) is 11.1. The molecule has 0 N–H and O–H groups in total. The van der Waals surface area contributed by atoms with Crippen LogP contribution in [-0.2, 0) is 14.8 Å². The summed E-state index contributed by atoms with van der Waals surface area (Å²) in [6.45, 7) is 3.64. The summed E-state index contributed by atoms with van der Waals surface area (Å²) in [5, 5.41) is 0.548. The summed E-state index contributed by atoms with van der Waals surface area (Å²) in [6, 6.07) is 22.0. The van der Waals surface area contributed by atoms with Crippen LogP contribution in [0.3, 0.4) is 0 Å². The number of carbonyl (C=O) groups excluding carboxylic acids is 2. The summed E-state index contributed by atoms with van der Waals surface area (Å²) in [5.41, 5.74) is 2.15. The van der Waals surface area contributed by atoms with Crippen molar-refractivity contribution in [3.63, 3.8) is 0 Å². The van der Waals surface area contributed by atoms with Crippen LogP contribution < -0.4 is 4.31 Å². The molecule has 0 fully saturated rings. The molecule has 0 radical (unpaired) electrons. The van der Waals surface area contributed by atoms with Gasteiger partial charge in [0, 0.05) is 11.6 Å². The highest BCUT2D eigenvalue weighted by Crippen LogP contribution is 2.27. The highest BCUT2D eigenvalue weighted by molar-refractivity contribution is 7.92. The number of esters is 1. The van der Waals surface area contributed by atoms with Crippen molar-refractivity contribution in [2.75, 3.05) is 18.0 Å². The number of hydrogen-bond donors (Lipinski definition) is 0. The molecule has 7 nitrogen and oxygen atoms in total. The molecular formula is C27H26N2O5S. The number of aromatic nitrogens is 1. The van der Waals surface area contributed by atoms with Crippen LogP contribution in [-0.4, -0.2) is 38.5 Å². The molecule has 1 aromatic heterocycles. The molecule has 0 unspecified atom stereocenters. The molecule has 0 saturated carbocycles. The quantitative estimate of drug-likeness (QED) is 0.337. The van der Waals surface area contributed by atoms with Crippen LogP contribution in [0, 0.1) is 0 Å². The van der Waals surface area contributed by atoms with E-state index in [2.05, 4.69) is 0 Å². The Morgan fingerprint density at radius 2 is 1.54 bits per heavy atom. The standard InChI is InChI=1S/C27H26N2O5S/c1-19(2)20-13-15-21(16-14-20)29(35(32,33)22-9-5-4-6-10-22)18-26(30)28-17-24(27(31)34-3)23-11-7-8-12-25(23)28/h4-17,19H,18H2,1-3H3. The maximum atomic E-state index is 13.6. The molecule has 8 heteroatoms. The molecule has 3 aromatic carbocycles. The topological polar surface area (TPSA) is 85.7 Å². The number of para-hydroxylation sites is 1. The van der Waals surface area contributed by atoms with E-state index in [-0.39, 0.29) is 16.4 Å². The third kappa shape index (κ3) is 4.70. The monoisotopic (exact) mass is 490 g/mol. The number of hydrogen-bond acceptors (Lipinski definition) is 5. The van der Waals surface area contributed by atoms with Gasteiger partial charge >= 0.3 is 5.97 Å². The maximum Gasteiger partial charge on any atom is 0.340 e. The Kier molecular flexibility index (Phi) is 6.75. The van der Waals surface area contributed by atoms with Gasteiger partial charge in [-0.15, -0.1) is 0 Å². The fourth-order valence-electron chi connectivity index (χ4n) is 3.92. The number of anilines is 1. The summed E-state index contributed by atoms with van der Waals surface area (Å²) in [6.07, 6.45) is 1.40. The number of sulfonamides is 1. The normalized spacial score (nSPS) is 11.5. The Bertz CT molecular complexity index is 1470. The average molecular weight is 491 g/mol. The third-order valence-electron chi connectivity index (χ3n) is 5.84. The summed E-state index contributed by atoms with van der Waals surface area (Å²) >= 11 is 0. The first-order valence-corrected chi connectivity index (χ1v) is 12.6. The molecule has 4 rings (SSSR count). The van der Waals surface area contributed by atoms with Gasteiger partial charge in [-0.05, 0) is 41.8 Å². The minimum atomic E-state index is -4.05. The molecule has 0 saturated heterocycles. The smallest absolute Gasteiger partial charge is 0.340 e. The van der Waals surface area contributed by atoms with Crippen LogP contribution in [0.4, 0.5) is 5.69 Å². The predicted octanol–water partition coefficient (Wildman–Crippen LogP) is 5.09. The van der Waals surface area contributed by atoms with E-state index in [1.807, 2.05) is 26.0 Å². The van der Waals surface area contributed by atoms with Crippen molar-refractivity contribution in [1.82, 2.24) is 4.57 Å². The molecule has 1 heterocycles. The van der Waals surface area contributed by atoms with Gasteiger partial charge in [0.25, 0.3) is 15.9 Å². The number of benzene rings is 3. The van der Waals surface area contributed by atoms with E-state index in [0.717, 1.165) is 9.87 Å². The summed E-state index contributed by atoms with van der Waals surface area (Å²) < 4.78 is 34.5. The number of methoxy groups -OCH3 is 1. The molecular weight excluding hydrogens is 464 g/mol. The molecule has 35 heavy (non-hydrogen) atoms. The number of fused-ring (bicyclic) bond motifs is 1. The van der Waals surface area contributed by atoms with Crippen LogP contribution in [0.15, 0.2) is 90.0 Å². The Hall–Kier alpha value is -3.91. The highest BCUT2D eigenvalue weighted by atomic mass is 32.2. The van der Waals surface area contributed by atoms with Gasteiger partial charge in [0.15, 0.2) is 0 Å². The van der Waals surface area contributed by atoms with E-state index in [9.17, 15) is 18.0 Å². The highest BCUT2D eigenvalue weighted by Gasteiger charge is 2.29. The van der Waals surface area contributed by atoms with Crippen LogP contribution in [0.2, 0.25) is 0 Å². The average Bonchev–Trinajstić information content (AvgIpc) is 3.27.